The van der Waals surface area contributed by atoms with E-state index in [1.165, 1.54) is 0 Å². The van der Waals surface area contributed by atoms with Crippen molar-refractivity contribution in [2.45, 2.75) is 45.6 Å². The van der Waals surface area contributed by atoms with Gasteiger partial charge in [-0.15, -0.1) is 0 Å². The Hall–Kier alpha value is -1.52. The van der Waals surface area contributed by atoms with Gasteiger partial charge >= 0.3 is 0 Å². The largest absolute Gasteiger partial charge is 0.384 e. The van der Waals surface area contributed by atoms with Crippen molar-refractivity contribution < 1.29 is 9.26 Å². The number of ether oxygens (including phenoxy) is 1. The van der Waals surface area contributed by atoms with Crippen molar-refractivity contribution in [3.63, 3.8) is 0 Å². The van der Waals surface area contributed by atoms with Gasteiger partial charge in [-0.2, -0.15) is 0 Å². The summed E-state index contributed by atoms with van der Waals surface area (Å²) in [4.78, 5) is 0. The van der Waals surface area contributed by atoms with Gasteiger partial charge in [-0.1, -0.05) is 22.8 Å². The lowest BCUT2D eigenvalue weighted by atomic mass is 9.95. The number of benzene rings is 1. The summed E-state index contributed by atoms with van der Waals surface area (Å²) >= 11 is 6.14. The molecule has 0 bridgehead atoms. The zero-order valence-electron chi connectivity index (χ0n) is 14.1. The summed E-state index contributed by atoms with van der Waals surface area (Å²) in [6.07, 6.45) is 0.883. The van der Waals surface area contributed by atoms with Crippen molar-refractivity contribution in [1.82, 2.24) is 5.16 Å². The standard InChI is InChI=1S/C18H23ClN2O2/c1-11-16-14-6-5-13(19)9-15(14)20-10-12(17(16)23-21-11)7-8-22-18(2,3)4/h5-6,9,12,20H,7-8,10H2,1-4H3. The number of aryl methyl sites for hydroxylation is 1. The van der Waals surface area contributed by atoms with E-state index in [1.807, 2.05) is 25.1 Å². The minimum absolute atomic E-state index is 0.130. The van der Waals surface area contributed by atoms with Crippen LogP contribution in [0.15, 0.2) is 22.7 Å². The van der Waals surface area contributed by atoms with Crippen molar-refractivity contribution in [3.05, 3.63) is 34.7 Å². The van der Waals surface area contributed by atoms with E-state index in [-0.39, 0.29) is 11.5 Å². The summed E-state index contributed by atoms with van der Waals surface area (Å²) in [5, 5.41) is 8.41. The SMILES string of the molecule is Cc1noc2c1-c1ccc(Cl)cc1NCC2CCOC(C)(C)C. The molecule has 0 aliphatic carbocycles. The van der Waals surface area contributed by atoms with E-state index >= 15 is 0 Å². The molecule has 1 unspecified atom stereocenters. The van der Waals surface area contributed by atoms with Crippen molar-refractivity contribution in [2.75, 3.05) is 18.5 Å². The van der Waals surface area contributed by atoms with Crippen molar-refractivity contribution >= 4 is 17.3 Å². The highest BCUT2D eigenvalue weighted by Crippen LogP contribution is 2.41. The Balaban J connectivity index is 1.89. The molecule has 1 N–H and O–H groups in total. The first-order valence-corrected chi connectivity index (χ1v) is 8.37. The molecule has 0 radical (unpaired) electrons. The van der Waals surface area contributed by atoms with Gasteiger partial charge in [-0.25, -0.2) is 0 Å². The van der Waals surface area contributed by atoms with Crippen molar-refractivity contribution in [1.29, 1.82) is 0 Å². The normalized spacial score (nSPS) is 17.2. The molecule has 0 saturated carbocycles. The van der Waals surface area contributed by atoms with Crippen LogP contribution in [0.25, 0.3) is 11.1 Å². The summed E-state index contributed by atoms with van der Waals surface area (Å²) in [7, 11) is 0. The molecule has 4 nitrogen and oxygen atoms in total. The highest BCUT2D eigenvalue weighted by Gasteiger charge is 2.28. The summed E-state index contributed by atoms with van der Waals surface area (Å²) in [5.41, 5.74) is 4.00. The lowest BCUT2D eigenvalue weighted by Crippen LogP contribution is -2.22. The summed E-state index contributed by atoms with van der Waals surface area (Å²) < 4.78 is 11.6. The van der Waals surface area contributed by atoms with Crippen LogP contribution in [0.4, 0.5) is 5.69 Å². The fraction of sp³-hybridized carbons (Fsp3) is 0.500. The number of halogens is 1. The minimum Gasteiger partial charge on any atom is -0.384 e. The molecule has 0 spiro atoms. The van der Waals surface area contributed by atoms with E-state index in [0.717, 1.165) is 46.3 Å². The highest BCUT2D eigenvalue weighted by atomic mass is 35.5. The predicted octanol–water partition coefficient (Wildman–Crippen LogP) is 5.02. The summed E-state index contributed by atoms with van der Waals surface area (Å²) in [5.74, 6) is 1.16. The first-order valence-electron chi connectivity index (χ1n) is 7.99. The molecule has 5 heteroatoms. The molecule has 1 aliphatic rings. The van der Waals surface area contributed by atoms with Gasteiger partial charge in [0.05, 0.1) is 11.3 Å². The Morgan fingerprint density at radius 1 is 1.39 bits per heavy atom. The van der Waals surface area contributed by atoms with Gasteiger partial charge in [-0.05, 0) is 46.2 Å². The summed E-state index contributed by atoms with van der Waals surface area (Å²) in [6, 6.07) is 5.89. The molecule has 2 aromatic rings. The molecule has 0 fully saturated rings. The third kappa shape index (κ3) is 3.54. The number of nitrogens with one attached hydrogen (secondary N) is 1. The third-order valence-corrected chi connectivity index (χ3v) is 4.29. The average Bonchev–Trinajstić information content (AvgIpc) is 2.75. The van der Waals surface area contributed by atoms with Crippen LogP contribution in [0, 0.1) is 6.92 Å². The molecule has 1 aliphatic heterocycles. The maximum absolute atomic E-state index is 6.14. The third-order valence-electron chi connectivity index (χ3n) is 4.05. The van der Waals surface area contributed by atoms with Crippen LogP contribution < -0.4 is 5.32 Å². The molecule has 1 aromatic heterocycles. The quantitative estimate of drug-likeness (QED) is 0.856. The van der Waals surface area contributed by atoms with Gasteiger partial charge in [0, 0.05) is 40.9 Å². The Morgan fingerprint density at radius 3 is 2.91 bits per heavy atom. The first-order chi connectivity index (χ1) is 10.8. The Morgan fingerprint density at radius 2 is 2.17 bits per heavy atom. The van der Waals surface area contributed by atoms with Gasteiger partial charge in [-0.3, -0.25) is 0 Å². The van der Waals surface area contributed by atoms with Gasteiger partial charge in [0.15, 0.2) is 0 Å². The zero-order valence-corrected chi connectivity index (χ0v) is 14.8. The number of anilines is 1. The van der Waals surface area contributed by atoms with Crippen LogP contribution in [-0.4, -0.2) is 23.9 Å². The Kier molecular flexibility index (Phi) is 4.39. The maximum Gasteiger partial charge on any atom is 0.149 e. The second-order valence-electron chi connectivity index (χ2n) is 7.02. The molecule has 1 atom stereocenters. The van der Waals surface area contributed by atoms with E-state index in [2.05, 4.69) is 31.2 Å². The van der Waals surface area contributed by atoms with Crippen LogP contribution in [-0.2, 0) is 4.74 Å². The zero-order chi connectivity index (χ0) is 16.6. The maximum atomic E-state index is 6.14. The van der Waals surface area contributed by atoms with E-state index in [9.17, 15) is 0 Å². The topological polar surface area (TPSA) is 47.3 Å². The van der Waals surface area contributed by atoms with Crippen LogP contribution >= 0.6 is 11.6 Å². The number of nitrogens with zero attached hydrogens (tertiary/aromatic N) is 1. The summed E-state index contributed by atoms with van der Waals surface area (Å²) in [6.45, 7) is 9.66. The van der Waals surface area contributed by atoms with E-state index < -0.39 is 0 Å². The van der Waals surface area contributed by atoms with Crippen LogP contribution in [0.3, 0.4) is 0 Å². The fourth-order valence-electron chi connectivity index (χ4n) is 2.94. The van der Waals surface area contributed by atoms with Crippen LogP contribution in [0.2, 0.25) is 5.02 Å². The van der Waals surface area contributed by atoms with E-state index in [0.29, 0.717) is 6.61 Å². The first kappa shape index (κ1) is 16.3. The molecule has 23 heavy (non-hydrogen) atoms. The predicted molar refractivity (Wildman–Crippen MR) is 93.2 cm³/mol. The minimum atomic E-state index is -0.130. The monoisotopic (exact) mass is 334 g/mol. The molecule has 0 saturated heterocycles. The number of fused-ring (bicyclic) bond motifs is 3. The molecular weight excluding hydrogens is 312 g/mol. The van der Waals surface area contributed by atoms with Crippen LogP contribution in [0.5, 0.6) is 0 Å². The molecule has 124 valence electrons. The molecule has 0 amide bonds. The second kappa shape index (κ2) is 6.17. The van der Waals surface area contributed by atoms with Crippen molar-refractivity contribution in [2.24, 2.45) is 0 Å². The number of aromatic nitrogens is 1. The highest BCUT2D eigenvalue weighted by molar-refractivity contribution is 6.31. The molecular formula is C18H23ClN2O2. The van der Waals surface area contributed by atoms with E-state index in [1.54, 1.807) is 0 Å². The number of rotatable bonds is 3. The van der Waals surface area contributed by atoms with Crippen molar-refractivity contribution in [3.8, 4) is 11.1 Å². The molecule has 1 aromatic carbocycles. The second-order valence-corrected chi connectivity index (χ2v) is 7.46. The molecule has 3 rings (SSSR count). The van der Waals surface area contributed by atoms with Gasteiger partial charge in [0.2, 0.25) is 0 Å². The Labute approximate surface area is 142 Å². The lowest BCUT2D eigenvalue weighted by molar-refractivity contribution is -0.00657. The van der Waals surface area contributed by atoms with Gasteiger partial charge < -0.3 is 14.6 Å². The van der Waals surface area contributed by atoms with Crippen LogP contribution in [0.1, 0.15) is 44.6 Å². The lowest BCUT2D eigenvalue weighted by Gasteiger charge is -2.21. The van der Waals surface area contributed by atoms with Gasteiger partial charge in [0.1, 0.15) is 5.76 Å². The smallest absolute Gasteiger partial charge is 0.149 e. The fourth-order valence-corrected chi connectivity index (χ4v) is 3.11. The van der Waals surface area contributed by atoms with E-state index in [4.69, 9.17) is 20.9 Å². The number of hydrogen-bond acceptors (Lipinski definition) is 4. The number of hydrogen-bond donors (Lipinski definition) is 1. The Bertz CT molecular complexity index is 704. The van der Waals surface area contributed by atoms with Gasteiger partial charge in [0.25, 0.3) is 0 Å². The average molecular weight is 335 g/mol. The molecule has 2 heterocycles.